The molecular formula is C18H20N6O. The molecule has 4 N–H and O–H groups in total. The zero-order valence-corrected chi connectivity index (χ0v) is 14.2. The molecular weight excluding hydrogens is 316 g/mol. The van der Waals surface area contributed by atoms with Crippen LogP contribution in [0.15, 0.2) is 24.5 Å². The lowest BCUT2D eigenvalue weighted by atomic mass is 10.0. The van der Waals surface area contributed by atoms with Crippen molar-refractivity contribution in [1.82, 2.24) is 20.2 Å². The highest BCUT2D eigenvalue weighted by Crippen LogP contribution is 2.32. The number of nitrogen functional groups attached to an aromatic ring is 1. The molecule has 0 radical (unpaired) electrons. The number of amides is 1. The number of aromatic nitrogens is 4. The molecule has 1 fully saturated rings. The summed E-state index contributed by atoms with van der Waals surface area (Å²) < 4.78 is 0. The Balaban J connectivity index is 1.76. The van der Waals surface area contributed by atoms with Gasteiger partial charge in [0, 0.05) is 28.8 Å². The minimum atomic E-state index is 0.0334. The second-order valence-corrected chi connectivity index (χ2v) is 6.80. The Bertz CT molecular complexity index is 957. The van der Waals surface area contributed by atoms with Gasteiger partial charge in [-0.05, 0) is 36.3 Å². The van der Waals surface area contributed by atoms with Crippen LogP contribution in [0.5, 0.6) is 0 Å². The maximum absolute atomic E-state index is 12.0. The van der Waals surface area contributed by atoms with Crippen LogP contribution < -0.4 is 11.1 Å². The fraction of sp³-hybridized carbons (Fsp3) is 0.333. The van der Waals surface area contributed by atoms with E-state index in [9.17, 15) is 4.79 Å². The van der Waals surface area contributed by atoms with E-state index in [0.717, 1.165) is 40.6 Å². The first kappa shape index (κ1) is 15.6. The molecule has 7 nitrogen and oxygen atoms in total. The summed E-state index contributed by atoms with van der Waals surface area (Å²) in [5.74, 6) is 1.41. The van der Waals surface area contributed by atoms with E-state index in [1.165, 1.54) is 0 Å². The summed E-state index contributed by atoms with van der Waals surface area (Å²) in [6, 6.07) is 3.79. The van der Waals surface area contributed by atoms with Crippen molar-refractivity contribution in [2.45, 2.75) is 32.6 Å². The Morgan fingerprint density at radius 2 is 2.12 bits per heavy atom. The minimum absolute atomic E-state index is 0.0334. The summed E-state index contributed by atoms with van der Waals surface area (Å²) in [5.41, 5.74) is 8.84. The van der Waals surface area contributed by atoms with Gasteiger partial charge in [0.15, 0.2) is 0 Å². The number of aromatic amines is 1. The van der Waals surface area contributed by atoms with Gasteiger partial charge >= 0.3 is 0 Å². The Hall–Kier alpha value is -2.96. The van der Waals surface area contributed by atoms with Gasteiger partial charge in [-0.3, -0.25) is 9.89 Å². The molecule has 0 saturated heterocycles. The molecule has 128 valence electrons. The third kappa shape index (κ3) is 2.93. The number of anilines is 2. The first-order chi connectivity index (χ1) is 12.0. The van der Waals surface area contributed by atoms with E-state index < -0.39 is 0 Å². The van der Waals surface area contributed by atoms with Crippen molar-refractivity contribution >= 4 is 28.3 Å². The van der Waals surface area contributed by atoms with Crippen LogP contribution in [0.3, 0.4) is 0 Å². The molecule has 3 heterocycles. The summed E-state index contributed by atoms with van der Waals surface area (Å²) in [6.45, 7) is 4.19. The third-order valence-corrected chi connectivity index (χ3v) is 4.47. The Morgan fingerprint density at radius 1 is 1.32 bits per heavy atom. The van der Waals surface area contributed by atoms with Crippen molar-refractivity contribution in [2.75, 3.05) is 11.1 Å². The first-order valence-electron chi connectivity index (χ1n) is 8.43. The van der Waals surface area contributed by atoms with Gasteiger partial charge in [0.25, 0.3) is 0 Å². The van der Waals surface area contributed by atoms with E-state index >= 15 is 0 Å². The van der Waals surface area contributed by atoms with E-state index in [4.69, 9.17) is 5.73 Å². The Labute approximate surface area is 145 Å². The highest BCUT2D eigenvalue weighted by atomic mass is 16.2. The lowest BCUT2D eigenvalue weighted by Gasteiger charge is -2.10. The SMILES string of the molecule is CC(C)c1[nH]ncc1-c1cc2cc(NC(=O)C3CC3)ncc2c(N)n1. The largest absolute Gasteiger partial charge is 0.383 e. The maximum Gasteiger partial charge on any atom is 0.228 e. The fourth-order valence-corrected chi connectivity index (χ4v) is 2.89. The smallest absolute Gasteiger partial charge is 0.228 e. The number of carbonyl (C=O) groups excluding carboxylic acids is 1. The number of hydrogen-bond acceptors (Lipinski definition) is 5. The number of fused-ring (bicyclic) bond motifs is 1. The molecule has 1 amide bonds. The van der Waals surface area contributed by atoms with Gasteiger partial charge < -0.3 is 11.1 Å². The minimum Gasteiger partial charge on any atom is -0.383 e. The summed E-state index contributed by atoms with van der Waals surface area (Å²) in [6.07, 6.45) is 5.33. The quantitative estimate of drug-likeness (QED) is 0.678. The summed E-state index contributed by atoms with van der Waals surface area (Å²) in [4.78, 5) is 20.7. The number of nitrogens with zero attached hydrogens (tertiary/aromatic N) is 3. The molecule has 1 aliphatic rings. The van der Waals surface area contributed by atoms with E-state index in [0.29, 0.717) is 17.6 Å². The summed E-state index contributed by atoms with van der Waals surface area (Å²) >= 11 is 0. The molecule has 25 heavy (non-hydrogen) atoms. The molecule has 1 saturated carbocycles. The second-order valence-electron chi connectivity index (χ2n) is 6.80. The lowest BCUT2D eigenvalue weighted by molar-refractivity contribution is -0.117. The predicted molar refractivity (Wildman–Crippen MR) is 97.0 cm³/mol. The number of nitrogens with one attached hydrogen (secondary N) is 2. The van der Waals surface area contributed by atoms with Crippen LogP contribution in [0.4, 0.5) is 11.6 Å². The number of nitrogens with two attached hydrogens (primary N) is 1. The molecule has 0 spiro atoms. The highest BCUT2D eigenvalue weighted by Gasteiger charge is 2.29. The topological polar surface area (TPSA) is 110 Å². The predicted octanol–water partition coefficient (Wildman–Crippen LogP) is 3.07. The normalized spacial score (nSPS) is 14.2. The molecule has 1 aliphatic carbocycles. The van der Waals surface area contributed by atoms with Crippen LogP contribution in [0.2, 0.25) is 0 Å². The molecule has 3 aromatic rings. The first-order valence-corrected chi connectivity index (χ1v) is 8.43. The highest BCUT2D eigenvalue weighted by molar-refractivity contribution is 5.98. The number of carbonyl (C=O) groups is 1. The average Bonchev–Trinajstić information content (AvgIpc) is 3.31. The Morgan fingerprint density at radius 3 is 2.84 bits per heavy atom. The Kier molecular flexibility index (Phi) is 3.63. The van der Waals surface area contributed by atoms with Crippen LogP contribution in [-0.4, -0.2) is 26.1 Å². The van der Waals surface area contributed by atoms with Gasteiger partial charge in [-0.15, -0.1) is 0 Å². The molecule has 0 unspecified atom stereocenters. The number of rotatable bonds is 4. The molecule has 7 heteroatoms. The maximum atomic E-state index is 12.0. The van der Waals surface area contributed by atoms with Crippen molar-refractivity contribution in [2.24, 2.45) is 5.92 Å². The fourth-order valence-electron chi connectivity index (χ4n) is 2.89. The monoisotopic (exact) mass is 336 g/mol. The summed E-state index contributed by atoms with van der Waals surface area (Å²) in [7, 11) is 0. The van der Waals surface area contributed by atoms with Crippen molar-refractivity contribution < 1.29 is 4.79 Å². The van der Waals surface area contributed by atoms with Crippen LogP contribution in [0.1, 0.15) is 38.3 Å². The van der Waals surface area contributed by atoms with Crippen LogP contribution >= 0.6 is 0 Å². The third-order valence-electron chi connectivity index (χ3n) is 4.47. The van der Waals surface area contributed by atoms with Gasteiger partial charge in [-0.2, -0.15) is 5.10 Å². The molecule has 4 rings (SSSR count). The number of pyridine rings is 2. The lowest BCUT2D eigenvalue weighted by Crippen LogP contribution is -2.14. The van der Waals surface area contributed by atoms with Crippen LogP contribution in [0, 0.1) is 5.92 Å². The van der Waals surface area contributed by atoms with Gasteiger partial charge in [0.2, 0.25) is 5.91 Å². The van der Waals surface area contributed by atoms with Gasteiger partial charge in [-0.25, -0.2) is 9.97 Å². The zero-order chi connectivity index (χ0) is 17.6. The van der Waals surface area contributed by atoms with E-state index in [2.05, 4.69) is 39.3 Å². The van der Waals surface area contributed by atoms with Crippen LogP contribution in [0.25, 0.3) is 22.0 Å². The molecule has 0 aliphatic heterocycles. The number of H-pyrrole nitrogens is 1. The van der Waals surface area contributed by atoms with Crippen molar-refractivity contribution in [3.63, 3.8) is 0 Å². The second kappa shape index (κ2) is 5.84. The van der Waals surface area contributed by atoms with Gasteiger partial charge in [0.1, 0.15) is 11.6 Å². The van der Waals surface area contributed by atoms with Crippen molar-refractivity contribution in [3.8, 4) is 11.3 Å². The number of hydrogen-bond donors (Lipinski definition) is 3. The zero-order valence-electron chi connectivity index (χ0n) is 14.2. The van der Waals surface area contributed by atoms with Crippen LogP contribution in [-0.2, 0) is 4.79 Å². The molecule has 0 atom stereocenters. The molecule has 0 aromatic carbocycles. The summed E-state index contributed by atoms with van der Waals surface area (Å²) in [5, 5.41) is 11.7. The average molecular weight is 336 g/mol. The van der Waals surface area contributed by atoms with E-state index in [1.54, 1.807) is 12.4 Å². The van der Waals surface area contributed by atoms with Gasteiger partial charge in [-0.1, -0.05) is 13.8 Å². The molecule has 0 bridgehead atoms. The van der Waals surface area contributed by atoms with Crippen molar-refractivity contribution in [1.29, 1.82) is 0 Å². The molecule has 3 aromatic heterocycles. The van der Waals surface area contributed by atoms with Gasteiger partial charge in [0.05, 0.1) is 11.9 Å². The van der Waals surface area contributed by atoms with E-state index in [1.807, 2.05) is 12.1 Å². The van der Waals surface area contributed by atoms with E-state index in [-0.39, 0.29) is 11.8 Å². The standard InChI is InChI=1S/C18H20N6O/c1-9(2)16-13(8-21-24-16)14-5-11-6-15(23-18(25)10-3-4-10)20-7-12(11)17(19)22-14/h5-10H,3-4H2,1-2H3,(H2,19,22)(H,21,24)(H,20,23,25). The van der Waals surface area contributed by atoms with Crippen molar-refractivity contribution in [3.05, 3.63) is 30.2 Å².